The van der Waals surface area contributed by atoms with Crippen LogP contribution in [0, 0.1) is 5.82 Å². The number of nitrogens with two attached hydrogens (primary N) is 1. The van der Waals surface area contributed by atoms with Crippen LogP contribution in [0.2, 0.25) is 0 Å². The smallest absolute Gasteiger partial charge is 0.217 e. The molecule has 0 saturated heterocycles. The maximum atomic E-state index is 12.9. The molecule has 1 rings (SSSR count). The summed E-state index contributed by atoms with van der Waals surface area (Å²) in [5.41, 5.74) is 5.72. The second-order valence-corrected chi connectivity index (χ2v) is 3.53. The van der Waals surface area contributed by atoms with E-state index >= 15 is 0 Å². The zero-order valence-electron chi connectivity index (χ0n) is 8.87. The third kappa shape index (κ3) is 4.27. The molecule has 0 radical (unpaired) electrons. The summed E-state index contributed by atoms with van der Waals surface area (Å²) in [7, 11) is 0. The minimum Gasteiger partial charge on any atom is -0.505 e. The first-order valence-electron chi connectivity index (χ1n) is 5.06. The second-order valence-electron chi connectivity index (χ2n) is 3.53. The number of hydrogen-bond acceptors (Lipinski definition) is 3. The van der Waals surface area contributed by atoms with E-state index in [9.17, 15) is 9.18 Å². The summed E-state index contributed by atoms with van der Waals surface area (Å²) in [5, 5.41) is 12.0. The molecular formula is C11H15FN2O2. The number of phenolic OH excluding ortho intramolecular Hbond substituents is 1. The molecule has 0 bridgehead atoms. The minimum absolute atomic E-state index is 0.322. The topological polar surface area (TPSA) is 75.4 Å². The monoisotopic (exact) mass is 226 g/mol. The number of carbonyl (C=O) groups is 1. The lowest BCUT2D eigenvalue weighted by molar-refractivity contribution is -0.118. The van der Waals surface area contributed by atoms with Gasteiger partial charge in [0.05, 0.1) is 0 Å². The fraction of sp³-hybridized carbons (Fsp3) is 0.364. The minimum atomic E-state index is -0.628. The molecule has 0 heterocycles. The first kappa shape index (κ1) is 12.4. The van der Waals surface area contributed by atoms with Crippen LogP contribution in [0.25, 0.3) is 0 Å². The molecule has 0 aliphatic heterocycles. The molecule has 4 nitrogen and oxygen atoms in total. The summed E-state index contributed by atoms with van der Waals surface area (Å²) in [5.74, 6) is -1.30. The Labute approximate surface area is 93.3 Å². The number of amides is 1. The number of nitrogens with one attached hydrogen (secondary N) is 1. The van der Waals surface area contributed by atoms with Crippen LogP contribution in [0.15, 0.2) is 18.2 Å². The summed E-state index contributed by atoms with van der Waals surface area (Å²) in [6, 6.07) is 4.23. The average molecular weight is 226 g/mol. The predicted molar refractivity (Wildman–Crippen MR) is 58.2 cm³/mol. The van der Waals surface area contributed by atoms with Crippen LogP contribution in [-0.2, 0) is 11.3 Å². The van der Waals surface area contributed by atoms with E-state index in [1.807, 2.05) is 0 Å². The quantitative estimate of drug-likeness (QED) is 0.630. The third-order valence-corrected chi connectivity index (χ3v) is 2.12. The van der Waals surface area contributed by atoms with Gasteiger partial charge in [-0.3, -0.25) is 4.79 Å². The van der Waals surface area contributed by atoms with Crippen LogP contribution < -0.4 is 11.1 Å². The largest absolute Gasteiger partial charge is 0.505 e. The highest BCUT2D eigenvalue weighted by molar-refractivity contribution is 5.73. The van der Waals surface area contributed by atoms with Crippen molar-refractivity contribution >= 4 is 5.91 Å². The molecule has 88 valence electrons. The number of rotatable bonds is 6. The van der Waals surface area contributed by atoms with E-state index in [0.29, 0.717) is 25.9 Å². The highest BCUT2D eigenvalue weighted by atomic mass is 19.1. The van der Waals surface area contributed by atoms with Gasteiger partial charge in [-0.15, -0.1) is 0 Å². The third-order valence-electron chi connectivity index (χ3n) is 2.12. The van der Waals surface area contributed by atoms with Gasteiger partial charge in [0.1, 0.15) is 0 Å². The molecular weight excluding hydrogens is 211 g/mol. The lowest BCUT2D eigenvalue weighted by atomic mass is 10.2. The van der Waals surface area contributed by atoms with Crippen molar-refractivity contribution in [3.8, 4) is 5.75 Å². The average Bonchev–Trinajstić information content (AvgIpc) is 2.22. The van der Waals surface area contributed by atoms with Crippen molar-refractivity contribution in [3.63, 3.8) is 0 Å². The van der Waals surface area contributed by atoms with E-state index in [0.717, 1.165) is 5.56 Å². The zero-order chi connectivity index (χ0) is 12.0. The SMILES string of the molecule is NC(=O)CCCNCc1ccc(O)c(F)c1. The molecule has 1 aromatic rings. The molecule has 0 aliphatic carbocycles. The van der Waals surface area contributed by atoms with E-state index in [4.69, 9.17) is 10.8 Å². The Morgan fingerprint density at radius 3 is 2.88 bits per heavy atom. The maximum absolute atomic E-state index is 12.9. The molecule has 4 N–H and O–H groups in total. The van der Waals surface area contributed by atoms with Crippen molar-refractivity contribution in [2.24, 2.45) is 5.73 Å². The first-order chi connectivity index (χ1) is 7.59. The van der Waals surface area contributed by atoms with E-state index in [2.05, 4.69) is 5.32 Å². The highest BCUT2D eigenvalue weighted by Gasteiger charge is 2.01. The van der Waals surface area contributed by atoms with Gasteiger partial charge in [-0.25, -0.2) is 4.39 Å². The number of aromatic hydroxyl groups is 1. The Morgan fingerprint density at radius 1 is 1.50 bits per heavy atom. The number of carbonyl (C=O) groups excluding carboxylic acids is 1. The van der Waals surface area contributed by atoms with Gasteiger partial charge in [0.2, 0.25) is 5.91 Å². The predicted octanol–water partition coefficient (Wildman–Crippen LogP) is 0.886. The van der Waals surface area contributed by atoms with Gasteiger partial charge >= 0.3 is 0 Å². The van der Waals surface area contributed by atoms with Crippen LogP contribution in [0.5, 0.6) is 5.75 Å². The molecule has 0 aliphatic rings. The standard InChI is InChI=1S/C11H15FN2O2/c12-9-6-8(3-4-10(9)15)7-14-5-1-2-11(13)16/h3-4,6,14-15H,1-2,5,7H2,(H2,13,16). The Hall–Kier alpha value is -1.62. The van der Waals surface area contributed by atoms with Crippen molar-refractivity contribution in [1.82, 2.24) is 5.32 Å². The van der Waals surface area contributed by atoms with E-state index in [-0.39, 0.29) is 11.7 Å². The van der Waals surface area contributed by atoms with Crippen LogP contribution in [0.3, 0.4) is 0 Å². The molecule has 0 spiro atoms. The molecule has 0 aromatic heterocycles. The fourth-order valence-electron chi connectivity index (χ4n) is 1.28. The van der Waals surface area contributed by atoms with E-state index in [1.54, 1.807) is 6.07 Å². The van der Waals surface area contributed by atoms with Gasteiger partial charge < -0.3 is 16.2 Å². The van der Waals surface area contributed by atoms with Crippen LogP contribution in [0.1, 0.15) is 18.4 Å². The van der Waals surface area contributed by atoms with Crippen molar-refractivity contribution in [2.45, 2.75) is 19.4 Å². The van der Waals surface area contributed by atoms with Gasteiger partial charge in [0, 0.05) is 13.0 Å². The lowest BCUT2D eigenvalue weighted by Crippen LogP contribution is -2.18. The van der Waals surface area contributed by atoms with Crippen LogP contribution in [-0.4, -0.2) is 17.6 Å². The second kappa shape index (κ2) is 6.07. The number of benzene rings is 1. The summed E-state index contributed by atoms with van der Waals surface area (Å²) in [6.45, 7) is 1.14. The summed E-state index contributed by atoms with van der Waals surface area (Å²) in [6.07, 6.45) is 1.01. The van der Waals surface area contributed by atoms with Crippen molar-refractivity contribution in [3.05, 3.63) is 29.6 Å². The number of primary amides is 1. The zero-order valence-corrected chi connectivity index (χ0v) is 8.87. The Bertz CT molecular complexity index is 369. The Kier molecular flexibility index (Phi) is 4.72. The van der Waals surface area contributed by atoms with Gasteiger partial charge in [0.25, 0.3) is 0 Å². The molecule has 0 saturated carbocycles. The highest BCUT2D eigenvalue weighted by Crippen LogP contribution is 2.15. The normalized spacial score (nSPS) is 10.3. The van der Waals surface area contributed by atoms with Crippen molar-refractivity contribution < 1.29 is 14.3 Å². The molecule has 5 heteroatoms. The van der Waals surface area contributed by atoms with Gasteiger partial charge in [-0.05, 0) is 30.7 Å². The molecule has 0 fully saturated rings. The van der Waals surface area contributed by atoms with E-state index < -0.39 is 5.82 Å². The molecule has 0 atom stereocenters. The lowest BCUT2D eigenvalue weighted by Gasteiger charge is -2.04. The molecule has 1 amide bonds. The van der Waals surface area contributed by atoms with Crippen LogP contribution in [0.4, 0.5) is 4.39 Å². The van der Waals surface area contributed by atoms with E-state index in [1.165, 1.54) is 12.1 Å². The molecule has 16 heavy (non-hydrogen) atoms. The van der Waals surface area contributed by atoms with Crippen molar-refractivity contribution in [2.75, 3.05) is 6.54 Å². The summed E-state index contributed by atoms with van der Waals surface area (Å²) in [4.78, 5) is 10.4. The maximum Gasteiger partial charge on any atom is 0.217 e. The summed E-state index contributed by atoms with van der Waals surface area (Å²) >= 11 is 0. The fourth-order valence-corrected chi connectivity index (χ4v) is 1.28. The van der Waals surface area contributed by atoms with Gasteiger partial charge in [0.15, 0.2) is 11.6 Å². The van der Waals surface area contributed by atoms with Gasteiger partial charge in [-0.1, -0.05) is 6.07 Å². The number of hydrogen-bond donors (Lipinski definition) is 3. The molecule has 0 unspecified atom stereocenters. The number of halogens is 1. The Balaban J connectivity index is 2.27. The summed E-state index contributed by atoms with van der Waals surface area (Å²) < 4.78 is 12.9. The molecule has 1 aromatic carbocycles. The van der Waals surface area contributed by atoms with Crippen molar-refractivity contribution in [1.29, 1.82) is 0 Å². The first-order valence-corrected chi connectivity index (χ1v) is 5.06. The van der Waals surface area contributed by atoms with Gasteiger partial charge in [-0.2, -0.15) is 0 Å². The Morgan fingerprint density at radius 2 is 2.25 bits per heavy atom. The number of phenols is 1. The van der Waals surface area contributed by atoms with Crippen LogP contribution >= 0.6 is 0 Å².